The molecule has 2 aromatic carbocycles. The molecule has 25 heavy (non-hydrogen) atoms. The van der Waals surface area contributed by atoms with Crippen LogP contribution in [0.15, 0.2) is 42.5 Å². The van der Waals surface area contributed by atoms with Crippen molar-refractivity contribution in [3.05, 3.63) is 64.2 Å². The summed E-state index contributed by atoms with van der Waals surface area (Å²) < 4.78 is 5.74. The maximum atomic E-state index is 12.1. The predicted octanol–water partition coefficient (Wildman–Crippen LogP) is 4.77. The monoisotopic (exact) mass is 377 g/mol. The summed E-state index contributed by atoms with van der Waals surface area (Å²) in [4.78, 5) is 12.1. The Morgan fingerprint density at radius 1 is 1.20 bits per heavy atom. The minimum absolute atomic E-state index is 0.0995. The molecule has 0 aliphatic heterocycles. The second-order valence-corrected chi connectivity index (χ2v) is 7.53. The summed E-state index contributed by atoms with van der Waals surface area (Å²) in [6.07, 6.45) is -0.519. The van der Waals surface area contributed by atoms with Gasteiger partial charge in [-0.1, -0.05) is 35.9 Å². The minimum atomic E-state index is -0.519. The molecule has 3 nitrogen and oxygen atoms in total. The van der Waals surface area contributed by atoms with Gasteiger partial charge in [-0.25, -0.2) is 0 Å². The number of carbonyl (C=O) groups excluding carboxylic acids is 1. The number of hydrogen-bond donors (Lipinski definition) is 1. The van der Waals surface area contributed by atoms with Crippen LogP contribution in [0.4, 0.5) is 0 Å². The van der Waals surface area contributed by atoms with Crippen LogP contribution < -0.4 is 10.1 Å². The molecule has 1 amide bonds. The average molecular weight is 378 g/mol. The molecule has 134 valence electrons. The van der Waals surface area contributed by atoms with E-state index in [-0.39, 0.29) is 5.91 Å². The van der Waals surface area contributed by atoms with Crippen LogP contribution in [0.5, 0.6) is 5.75 Å². The van der Waals surface area contributed by atoms with Gasteiger partial charge in [0.15, 0.2) is 6.10 Å². The number of aryl methyl sites for hydroxylation is 2. The lowest BCUT2D eigenvalue weighted by Crippen LogP contribution is -2.37. The quantitative estimate of drug-likeness (QED) is 0.673. The number of amides is 1. The van der Waals surface area contributed by atoms with E-state index >= 15 is 0 Å². The van der Waals surface area contributed by atoms with Gasteiger partial charge in [-0.3, -0.25) is 4.79 Å². The number of ether oxygens (including phenoxy) is 1. The van der Waals surface area contributed by atoms with E-state index in [1.54, 1.807) is 18.7 Å². The van der Waals surface area contributed by atoms with Gasteiger partial charge < -0.3 is 10.1 Å². The van der Waals surface area contributed by atoms with Crippen molar-refractivity contribution in [1.82, 2.24) is 5.32 Å². The molecule has 1 atom stereocenters. The van der Waals surface area contributed by atoms with Gasteiger partial charge in [0.1, 0.15) is 5.75 Å². The smallest absolute Gasteiger partial charge is 0.260 e. The maximum absolute atomic E-state index is 12.1. The summed E-state index contributed by atoms with van der Waals surface area (Å²) in [6.45, 7) is 6.40. The Morgan fingerprint density at radius 3 is 2.56 bits per heavy atom. The fourth-order valence-corrected chi connectivity index (χ4v) is 3.59. The number of halogens is 1. The Balaban J connectivity index is 1.70. The Kier molecular flexibility index (Phi) is 7.66. The van der Waals surface area contributed by atoms with Crippen molar-refractivity contribution in [3.8, 4) is 5.75 Å². The topological polar surface area (TPSA) is 38.3 Å². The molecule has 0 aliphatic rings. The van der Waals surface area contributed by atoms with Crippen molar-refractivity contribution in [2.75, 3.05) is 12.3 Å². The molecule has 0 bridgehead atoms. The predicted molar refractivity (Wildman–Crippen MR) is 107 cm³/mol. The maximum Gasteiger partial charge on any atom is 0.260 e. The van der Waals surface area contributed by atoms with E-state index in [4.69, 9.17) is 16.3 Å². The number of benzene rings is 2. The molecule has 0 saturated carbocycles. The van der Waals surface area contributed by atoms with Crippen LogP contribution in [0.25, 0.3) is 0 Å². The van der Waals surface area contributed by atoms with Crippen molar-refractivity contribution in [3.63, 3.8) is 0 Å². The zero-order valence-corrected chi connectivity index (χ0v) is 16.4. The molecule has 0 heterocycles. The number of carbonyl (C=O) groups is 1. The Hall–Kier alpha value is -1.65. The number of hydrogen-bond acceptors (Lipinski definition) is 3. The van der Waals surface area contributed by atoms with Gasteiger partial charge in [0.05, 0.1) is 0 Å². The molecule has 2 aromatic rings. The molecule has 2 rings (SSSR count). The van der Waals surface area contributed by atoms with Crippen LogP contribution >= 0.6 is 23.4 Å². The molecule has 0 fully saturated rings. The third-order valence-electron chi connectivity index (χ3n) is 3.64. The Labute approximate surface area is 159 Å². The van der Waals surface area contributed by atoms with Gasteiger partial charge in [-0.2, -0.15) is 11.8 Å². The van der Waals surface area contributed by atoms with Gasteiger partial charge in [0, 0.05) is 23.1 Å². The van der Waals surface area contributed by atoms with Crippen LogP contribution in [0.1, 0.15) is 23.6 Å². The first-order chi connectivity index (χ1) is 12.0. The summed E-state index contributed by atoms with van der Waals surface area (Å²) in [5.74, 6) is 2.29. The number of nitrogens with one attached hydrogen (secondary N) is 1. The lowest BCUT2D eigenvalue weighted by molar-refractivity contribution is -0.127. The van der Waals surface area contributed by atoms with Crippen molar-refractivity contribution in [2.45, 2.75) is 32.6 Å². The molecule has 0 aromatic heterocycles. The van der Waals surface area contributed by atoms with Crippen LogP contribution in [-0.2, 0) is 10.5 Å². The van der Waals surface area contributed by atoms with Crippen molar-refractivity contribution < 1.29 is 9.53 Å². The number of thioether (sulfide) groups is 1. The highest BCUT2D eigenvalue weighted by atomic mass is 35.5. The molecule has 0 spiro atoms. The summed E-state index contributed by atoms with van der Waals surface area (Å²) in [6, 6.07) is 13.8. The molecule has 0 saturated heterocycles. The zero-order chi connectivity index (χ0) is 18.2. The fraction of sp³-hybridized carbons (Fsp3) is 0.350. The van der Waals surface area contributed by atoms with E-state index in [9.17, 15) is 4.79 Å². The molecule has 0 unspecified atom stereocenters. The Bertz CT molecular complexity index is 700. The highest BCUT2D eigenvalue weighted by Gasteiger charge is 2.14. The summed E-state index contributed by atoms with van der Waals surface area (Å²) in [5, 5.41) is 3.70. The van der Waals surface area contributed by atoms with Gasteiger partial charge in [0.25, 0.3) is 5.91 Å². The first-order valence-corrected chi connectivity index (χ1v) is 9.83. The van der Waals surface area contributed by atoms with Gasteiger partial charge in [-0.05, 0) is 55.7 Å². The first kappa shape index (κ1) is 19.7. The largest absolute Gasteiger partial charge is 0.481 e. The molecule has 0 aliphatic carbocycles. The van der Waals surface area contributed by atoms with Gasteiger partial charge in [0.2, 0.25) is 0 Å². The van der Waals surface area contributed by atoms with Gasteiger partial charge >= 0.3 is 0 Å². The van der Waals surface area contributed by atoms with Crippen LogP contribution in [0.3, 0.4) is 0 Å². The van der Waals surface area contributed by atoms with E-state index in [2.05, 4.69) is 11.4 Å². The standard InChI is InChI=1S/C20H24ClNO2S/c1-14-10-15(2)12-18(11-14)24-16(3)20(23)22-8-9-25-13-17-6-4-5-7-19(17)21/h4-7,10-12,16H,8-9,13H2,1-3H3,(H,22,23)/t16-/m0/s1. The lowest BCUT2D eigenvalue weighted by Gasteiger charge is -2.15. The van der Waals surface area contributed by atoms with Crippen molar-refractivity contribution >= 4 is 29.3 Å². The third-order valence-corrected chi connectivity index (χ3v) is 5.01. The highest BCUT2D eigenvalue weighted by molar-refractivity contribution is 7.98. The van der Waals surface area contributed by atoms with Crippen molar-refractivity contribution in [1.29, 1.82) is 0 Å². The average Bonchev–Trinajstić information content (AvgIpc) is 2.55. The van der Waals surface area contributed by atoms with E-state index in [1.807, 2.05) is 50.2 Å². The van der Waals surface area contributed by atoms with Crippen LogP contribution in [-0.4, -0.2) is 24.3 Å². The molecule has 0 radical (unpaired) electrons. The molecule has 1 N–H and O–H groups in total. The number of rotatable bonds is 8. The molecular weight excluding hydrogens is 354 g/mol. The first-order valence-electron chi connectivity index (χ1n) is 8.29. The van der Waals surface area contributed by atoms with Crippen LogP contribution in [0, 0.1) is 13.8 Å². The third kappa shape index (κ3) is 6.63. The Morgan fingerprint density at radius 2 is 1.88 bits per heavy atom. The van der Waals surface area contributed by atoms with E-state index < -0.39 is 6.10 Å². The van der Waals surface area contributed by atoms with Crippen molar-refractivity contribution in [2.24, 2.45) is 0 Å². The molecular formula is C20H24ClNO2S. The zero-order valence-electron chi connectivity index (χ0n) is 14.8. The van der Waals surface area contributed by atoms with Crippen LogP contribution in [0.2, 0.25) is 5.02 Å². The summed E-state index contributed by atoms with van der Waals surface area (Å²) in [7, 11) is 0. The second-order valence-electron chi connectivity index (χ2n) is 6.02. The second kappa shape index (κ2) is 9.73. The fourth-order valence-electron chi connectivity index (χ4n) is 2.45. The minimum Gasteiger partial charge on any atom is -0.481 e. The molecule has 5 heteroatoms. The van der Waals surface area contributed by atoms with E-state index in [1.165, 1.54) is 0 Å². The highest BCUT2D eigenvalue weighted by Crippen LogP contribution is 2.20. The summed E-state index contributed by atoms with van der Waals surface area (Å²) in [5.41, 5.74) is 3.36. The lowest BCUT2D eigenvalue weighted by atomic mass is 10.1. The normalized spacial score (nSPS) is 11.8. The van der Waals surface area contributed by atoms with E-state index in [0.29, 0.717) is 6.54 Å². The SMILES string of the molecule is Cc1cc(C)cc(O[C@@H](C)C(=O)NCCSCc2ccccc2Cl)c1. The summed E-state index contributed by atoms with van der Waals surface area (Å²) >= 11 is 7.87. The van der Waals surface area contributed by atoms with Gasteiger partial charge in [-0.15, -0.1) is 0 Å². The van der Waals surface area contributed by atoms with E-state index in [0.717, 1.165) is 39.0 Å².